The van der Waals surface area contributed by atoms with E-state index in [2.05, 4.69) is 32.7 Å². The number of aliphatic hydroxyl groups excluding tert-OH is 1. The average molecular weight is 329 g/mol. The Morgan fingerprint density at radius 2 is 1.96 bits per heavy atom. The molecule has 0 spiro atoms. The van der Waals surface area contributed by atoms with E-state index in [1.54, 1.807) is 0 Å². The van der Waals surface area contributed by atoms with Gasteiger partial charge in [0.2, 0.25) is 0 Å². The summed E-state index contributed by atoms with van der Waals surface area (Å²) >= 11 is 5.93. The van der Waals surface area contributed by atoms with E-state index in [4.69, 9.17) is 11.6 Å². The first-order chi connectivity index (χ1) is 11.2. The summed E-state index contributed by atoms with van der Waals surface area (Å²) in [5, 5.41) is 14.8. The molecule has 0 saturated carbocycles. The van der Waals surface area contributed by atoms with Crippen molar-refractivity contribution in [2.45, 2.75) is 25.6 Å². The number of anilines is 1. The number of aryl methyl sites for hydroxylation is 1. The lowest BCUT2D eigenvalue weighted by atomic mass is 10.1. The molecule has 1 aliphatic heterocycles. The van der Waals surface area contributed by atoms with Gasteiger partial charge in [0.15, 0.2) is 0 Å². The third kappa shape index (κ3) is 2.58. The number of fused-ring (bicyclic) bond motifs is 3. The lowest BCUT2D eigenvalue weighted by Gasteiger charge is -2.14. The molecule has 0 bridgehead atoms. The molecule has 4 nitrogen and oxygen atoms in total. The van der Waals surface area contributed by atoms with Crippen molar-refractivity contribution in [3.8, 4) is 0 Å². The Hall–Kier alpha value is -2.04. The van der Waals surface area contributed by atoms with E-state index in [0.717, 1.165) is 36.5 Å². The Bertz CT molecular complexity index is 841. The molecule has 118 valence electrons. The normalized spacial score (nSPS) is 15.2. The van der Waals surface area contributed by atoms with Gasteiger partial charge in [-0.2, -0.15) is 0 Å². The zero-order chi connectivity index (χ0) is 15.8. The third-order valence-electron chi connectivity index (χ3n) is 4.43. The van der Waals surface area contributed by atoms with Crippen molar-refractivity contribution in [2.75, 3.05) is 11.9 Å². The maximum atomic E-state index is 10.6. The molecule has 1 atom stereocenters. The van der Waals surface area contributed by atoms with Crippen LogP contribution >= 0.6 is 11.6 Å². The van der Waals surface area contributed by atoms with Crippen molar-refractivity contribution in [1.82, 2.24) is 4.57 Å². The first-order valence-corrected chi connectivity index (χ1v) is 8.30. The number of nitrogens with zero attached hydrogens (tertiary/aromatic N) is 2. The van der Waals surface area contributed by atoms with E-state index >= 15 is 0 Å². The van der Waals surface area contributed by atoms with E-state index in [1.807, 2.05) is 30.3 Å². The number of benzene rings is 2. The maximum Gasteiger partial charge on any atom is 0.358 e. The number of aliphatic hydroxyl groups is 1. The molecule has 0 aliphatic carbocycles. The van der Waals surface area contributed by atoms with Crippen molar-refractivity contribution in [3.05, 3.63) is 59.1 Å². The zero-order valence-electron chi connectivity index (χ0n) is 12.7. The highest BCUT2D eigenvalue weighted by Gasteiger charge is 2.27. The van der Waals surface area contributed by atoms with Crippen LogP contribution in [0.3, 0.4) is 0 Å². The monoisotopic (exact) mass is 328 g/mol. The Morgan fingerprint density at radius 3 is 2.78 bits per heavy atom. The van der Waals surface area contributed by atoms with Gasteiger partial charge in [-0.3, -0.25) is 5.32 Å². The molecule has 2 aromatic carbocycles. The molecule has 23 heavy (non-hydrogen) atoms. The van der Waals surface area contributed by atoms with Crippen LogP contribution in [0.2, 0.25) is 5.02 Å². The van der Waals surface area contributed by atoms with Crippen LogP contribution in [0.4, 0.5) is 5.95 Å². The molecule has 4 rings (SSSR count). The van der Waals surface area contributed by atoms with Crippen molar-refractivity contribution in [2.24, 2.45) is 0 Å². The average Bonchev–Trinajstić information content (AvgIpc) is 2.90. The van der Waals surface area contributed by atoms with Crippen LogP contribution in [0, 0.1) is 0 Å². The quantitative estimate of drug-likeness (QED) is 0.725. The number of hydrogen-bond acceptors (Lipinski definition) is 2. The summed E-state index contributed by atoms with van der Waals surface area (Å²) in [6.07, 6.45) is 0.544. The largest absolute Gasteiger partial charge is 0.385 e. The smallest absolute Gasteiger partial charge is 0.358 e. The second kappa shape index (κ2) is 5.87. The number of hydrogen-bond donors (Lipinski definition) is 2. The highest BCUT2D eigenvalue weighted by atomic mass is 35.5. The molecule has 0 saturated heterocycles. The van der Waals surface area contributed by atoms with Gasteiger partial charge in [-0.1, -0.05) is 35.9 Å². The lowest BCUT2D eigenvalue weighted by molar-refractivity contribution is -0.661. The van der Waals surface area contributed by atoms with Gasteiger partial charge >= 0.3 is 5.95 Å². The van der Waals surface area contributed by atoms with Crippen LogP contribution in [0.1, 0.15) is 18.1 Å². The van der Waals surface area contributed by atoms with E-state index in [-0.39, 0.29) is 0 Å². The molecule has 1 aliphatic rings. The summed E-state index contributed by atoms with van der Waals surface area (Å²) in [6.45, 7) is 2.48. The summed E-state index contributed by atoms with van der Waals surface area (Å²) in [6, 6.07) is 15.7. The van der Waals surface area contributed by atoms with Crippen molar-refractivity contribution in [3.63, 3.8) is 0 Å². The van der Waals surface area contributed by atoms with Gasteiger partial charge in [-0.15, -0.1) is 0 Å². The molecule has 2 heterocycles. The van der Waals surface area contributed by atoms with E-state index < -0.39 is 6.10 Å². The fourth-order valence-corrected chi connectivity index (χ4v) is 3.42. The molecule has 3 aromatic rings. The predicted molar refractivity (Wildman–Crippen MR) is 91.7 cm³/mol. The SMILES string of the molecule is O[C@H](Cn1c2[n+](c3ccccc31)CCCN2)c1ccc(Cl)cc1. The number of aromatic nitrogens is 2. The van der Waals surface area contributed by atoms with Crippen LogP contribution in [0.5, 0.6) is 0 Å². The lowest BCUT2D eigenvalue weighted by Crippen LogP contribution is -2.42. The molecule has 0 fully saturated rings. The fourth-order valence-electron chi connectivity index (χ4n) is 3.30. The Labute approximate surface area is 139 Å². The Morgan fingerprint density at radius 1 is 1.17 bits per heavy atom. The topological polar surface area (TPSA) is 41.1 Å². The van der Waals surface area contributed by atoms with Crippen molar-refractivity contribution in [1.29, 1.82) is 0 Å². The Balaban J connectivity index is 1.75. The van der Waals surface area contributed by atoms with Gasteiger partial charge in [0.25, 0.3) is 0 Å². The molecule has 2 N–H and O–H groups in total. The Kier molecular flexibility index (Phi) is 3.71. The van der Waals surface area contributed by atoms with Gasteiger partial charge in [0.05, 0.1) is 13.1 Å². The summed E-state index contributed by atoms with van der Waals surface area (Å²) < 4.78 is 4.47. The van der Waals surface area contributed by atoms with Gasteiger partial charge in [-0.05, 0) is 29.8 Å². The van der Waals surface area contributed by atoms with Gasteiger partial charge in [-0.25, -0.2) is 9.13 Å². The summed E-state index contributed by atoms with van der Waals surface area (Å²) in [5.41, 5.74) is 3.23. The minimum atomic E-state index is -0.573. The second-order valence-electron chi connectivity index (χ2n) is 5.92. The molecule has 0 radical (unpaired) electrons. The van der Waals surface area contributed by atoms with Crippen molar-refractivity contribution >= 4 is 28.6 Å². The number of rotatable bonds is 3. The number of para-hydroxylation sites is 2. The van der Waals surface area contributed by atoms with Crippen LogP contribution in [0.25, 0.3) is 11.0 Å². The third-order valence-corrected chi connectivity index (χ3v) is 4.68. The van der Waals surface area contributed by atoms with Crippen LogP contribution in [-0.4, -0.2) is 16.2 Å². The summed E-state index contributed by atoms with van der Waals surface area (Å²) in [5.74, 6) is 1.07. The first-order valence-electron chi connectivity index (χ1n) is 7.92. The van der Waals surface area contributed by atoms with Crippen LogP contribution in [-0.2, 0) is 13.1 Å². The first kappa shape index (κ1) is 14.5. The standard InChI is InChI=1S/C18H18ClN3O/c19-14-8-6-13(7-9-14)17(23)12-22-16-5-2-1-4-15(16)21-11-3-10-20-18(21)22/h1-2,4-9,17,23H,3,10-12H2/p+1/t17-/m1/s1. The van der Waals surface area contributed by atoms with Gasteiger partial charge in [0, 0.05) is 11.4 Å². The minimum absolute atomic E-state index is 0.511. The second-order valence-corrected chi connectivity index (χ2v) is 6.36. The molecular weight excluding hydrogens is 310 g/mol. The van der Waals surface area contributed by atoms with Crippen molar-refractivity contribution < 1.29 is 9.67 Å². The van der Waals surface area contributed by atoms with Crippen LogP contribution in [0.15, 0.2) is 48.5 Å². The van der Waals surface area contributed by atoms with Gasteiger partial charge in [0.1, 0.15) is 23.7 Å². The maximum absolute atomic E-state index is 10.6. The predicted octanol–water partition coefficient (Wildman–Crippen LogP) is 3.13. The minimum Gasteiger partial charge on any atom is -0.385 e. The number of halogens is 1. The fraction of sp³-hybridized carbons (Fsp3) is 0.278. The van der Waals surface area contributed by atoms with Gasteiger partial charge < -0.3 is 5.11 Å². The summed E-state index contributed by atoms with van der Waals surface area (Å²) in [4.78, 5) is 0. The summed E-state index contributed by atoms with van der Waals surface area (Å²) in [7, 11) is 0. The molecule has 0 amide bonds. The number of nitrogens with one attached hydrogen (secondary N) is 1. The van der Waals surface area contributed by atoms with Crippen LogP contribution < -0.4 is 9.88 Å². The number of imidazole rings is 1. The zero-order valence-corrected chi connectivity index (χ0v) is 13.5. The van der Waals surface area contributed by atoms with E-state index in [1.165, 1.54) is 5.52 Å². The van der Waals surface area contributed by atoms with E-state index in [9.17, 15) is 5.11 Å². The molecule has 5 heteroatoms. The molecule has 0 unspecified atom stereocenters. The molecule has 1 aromatic heterocycles. The highest BCUT2D eigenvalue weighted by Crippen LogP contribution is 2.25. The highest BCUT2D eigenvalue weighted by molar-refractivity contribution is 6.30. The van der Waals surface area contributed by atoms with E-state index in [0.29, 0.717) is 11.6 Å². The molecular formula is C18H19ClN3O+.